The van der Waals surface area contributed by atoms with Crippen LogP contribution in [0.1, 0.15) is 6.92 Å². The predicted octanol–water partition coefficient (Wildman–Crippen LogP) is 4.23. The molecular weight excluding hydrogens is 392 g/mol. The van der Waals surface area contributed by atoms with Gasteiger partial charge in [0.15, 0.2) is 6.61 Å². The summed E-state index contributed by atoms with van der Waals surface area (Å²) in [6.07, 6.45) is 0. The number of methoxy groups -OCH3 is 1. The van der Waals surface area contributed by atoms with Gasteiger partial charge < -0.3 is 19.7 Å². The molecule has 1 N–H and O–H groups in total. The van der Waals surface area contributed by atoms with E-state index < -0.39 is 0 Å². The summed E-state index contributed by atoms with van der Waals surface area (Å²) in [4.78, 5) is 26.5. The van der Waals surface area contributed by atoms with Crippen LogP contribution < -0.4 is 14.8 Å². The SMILES string of the molecule is CCN(CC(=O)Nc1ccc(OC)cc1)C(=O)COc1ccccc1-c1ccccc1. The van der Waals surface area contributed by atoms with Crippen LogP contribution in [0.25, 0.3) is 11.1 Å². The second-order valence-corrected chi connectivity index (χ2v) is 6.84. The molecule has 0 radical (unpaired) electrons. The van der Waals surface area contributed by atoms with Crippen molar-refractivity contribution in [2.24, 2.45) is 0 Å². The van der Waals surface area contributed by atoms with Crippen LogP contribution in [0.2, 0.25) is 0 Å². The number of carbonyl (C=O) groups excluding carboxylic acids is 2. The number of hydrogen-bond acceptors (Lipinski definition) is 4. The summed E-state index contributed by atoms with van der Waals surface area (Å²) >= 11 is 0. The Labute approximate surface area is 182 Å². The summed E-state index contributed by atoms with van der Waals surface area (Å²) in [5.74, 6) is 0.803. The van der Waals surface area contributed by atoms with E-state index in [2.05, 4.69) is 5.32 Å². The smallest absolute Gasteiger partial charge is 0.260 e. The molecule has 0 aliphatic carbocycles. The number of carbonyl (C=O) groups is 2. The lowest BCUT2D eigenvalue weighted by Gasteiger charge is -2.21. The van der Waals surface area contributed by atoms with E-state index in [1.54, 1.807) is 31.4 Å². The van der Waals surface area contributed by atoms with E-state index in [1.165, 1.54) is 4.90 Å². The van der Waals surface area contributed by atoms with Gasteiger partial charge in [0.1, 0.15) is 11.5 Å². The average Bonchev–Trinajstić information content (AvgIpc) is 2.82. The van der Waals surface area contributed by atoms with Crippen molar-refractivity contribution in [3.8, 4) is 22.6 Å². The largest absolute Gasteiger partial charge is 0.497 e. The Morgan fingerprint density at radius 2 is 1.58 bits per heavy atom. The topological polar surface area (TPSA) is 67.9 Å². The summed E-state index contributed by atoms with van der Waals surface area (Å²) < 4.78 is 10.9. The molecule has 31 heavy (non-hydrogen) atoms. The highest BCUT2D eigenvalue weighted by Gasteiger charge is 2.17. The fourth-order valence-corrected chi connectivity index (χ4v) is 3.10. The van der Waals surface area contributed by atoms with Gasteiger partial charge in [0.05, 0.1) is 13.7 Å². The molecule has 6 heteroatoms. The maximum Gasteiger partial charge on any atom is 0.260 e. The van der Waals surface area contributed by atoms with Gasteiger partial charge in [-0.3, -0.25) is 9.59 Å². The molecule has 3 aromatic rings. The lowest BCUT2D eigenvalue weighted by molar-refractivity contribution is -0.136. The molecule has 0 atom stereocenters. The molecule has 0 unspecified atom stereocenters. The predicted molar refractivity (Wildman–Crippen MR) is 121 cm³/mol. The number of hydrogen-bond donors (Lipinski definition) is 1. The average molecular weight is 418 g/mol. The molecule has 3 aromatic carbocycles. The molecule has 0 bridgehead atoms. The Morgan fingerprint density at radius 3 is 2.26 bits per heavy atom. The summed E-state index contributed by atoms with van der Waals surface area (Å²) in [7, 11) is 1.58. The first-order valence-corrected chi connectivity index (χ1v) is 10.1. The number of nitrogens with zero attached hydrogens (tertiary/aromatic N) is 1. The number of amides is 2. The summed E-state index contributed by atoms with van der Waals surface area (Å²) in [6, 6.07) is 24.4. The first-order chi connectivity index (χ1) is 15.1. The van der Waals surface area contributed by atoms with Crippen molar-refractivity contribution in [2.75, 3.05) is 32.1 Å². The van der Waals surface area contributed by atoms with Crippen LogP contribution in [0.3, 0.4) is 0 Å². The van der Waals surface area contributed by atoms with Crippen molar-refractivity contribution in [1.29, 1.82) is 0 Å². The lowest BCUT2D eigenvalue weighted by atomic mass is 10.1. The third-order valence-corrected chi connectivity index (χ3v) is 4.77. The molecule has 0 fully saturated rings. The highest BCUT2D eigenvalue weighted by molar-refractivity contribution is 5.94. The highest BCUT2D eigenvalue weighted by atomic mass is 16.5. The van der Waals surface area contributed by atoms with E-state index in [0.29, 0.717) is 23.7 Å². The Balaban J connectivity index is 1.58. The molecular formula is C25H26N2O4. The third-order valence-electron chi connectivity index (χ3n) is 4.77. The van der Waals surface area contributed by atoms with Gasteiger partial charge in [-0.25, -0.2) is 0 Å². The van der Waals surface area contributed by atoms with Crippen LogP contribution >= 0.6 is 0 Å². The van der Waals surface area contributed by atoms with Gasteiger partial charge in [0.2, 0.25) is 5.91 Å². The standard InChI is InChI=1S/C25H26N2O4/c1-3-27(17-24(28)26-20-13-15-21(30-2)16-14-20)25(29)18-31-23-12-8-7-11-22(23)19-9-5-4-6-10-19/h4-16H,3,17-18H2,1-2H3,(H,26,28). The van der Waals surface area contributed by atoms with Gasteiger partial charge in [-0.15, -0.1) is 0 Å². The van der Waals surface area contributed by atoms with Crippen molar-refractivity contribution in [1.82, 2.24) is 4.90 Å². The first-order valence-electron chi connectivity index (χ1n) is 10.1. The second-order valence-electron chi connectivity index (χ2n) is 6.84. The first kappa shape index (κ1) is 21.9. The quantitative estimate of drug-likeness (QED) is 0.565. The van der Waals surface area contributed by atoms with E-state index in [0.717, 1.165) is 11.1 Å². The molecule has 0 spiro atoms. The van der Waals surface area contributed by atoms with Gasteiger partial charge in [0, 0.05) is 17.8 Å². The van der Waals surface area contributed by atoms with E-state index in [4.69, 9.17) is 9.47 Å². The minimum atomic E-state index is -0.273. The highest BCUT2D eigenvalue weighted by Crippen LogP contribution is 2.29. The van der Waals surface area contributed by atoms with Crippen molar-refractivity contribution in [3.63, 3.8) is 0 Å². The van der Waals surface area contributed by atoms with Crippen LogP contribution in [-0.2, 0) is 9.59 Å². The van der Waals surface area contributed by atoms with E-state index in [1.807, 2.05) is 61.5 Å². The van der Waals surface area contributed by atoms with Crippen molar-refractivity contribution in [2.45, 2.75) is 6.92 Å². The fourth-order valence-electron chi connectivity index (χ4n) is 3.10. The van der Waals surface area contributed by atoms with Gasteiger partial charge >= 0.3 is 0 Å². The minimum absolute atomic E-state index is 0.0505. The number of benzene rings is 3. The normalized spacial score (nSPS) is 10.3. The summed E-state index contributed by atoms with van der Waals surface area (Å²) in [5.41, 5.74) is 2.57. The van der Waals surface area contributed by atoms with E-state index in [9.17, 15) is 9.59 Å². The molecule has 0 aliphatic heterocycles. The molecule has 2 amide bonds. The van der Waals surface area contributed by atoms with E-state index in [-0.39, 0.29) is 25.0 Å². The minimum Gasteiger partial charge on any atom is -0.497 e. The van der Waals surface area contributed by atoms with Crippen LogP contribution in [0.4, 0.5) is 5.69 Å². The maximum absolute atomic E-state index is 12.7. The monoisotopic (exact) mass is 418 g/mol. The Hall–Kier alpha value is -3.80. The van der Waals surface area contributed by atoms with Crippen molar-refractivity contribution in [3.05, 3.63) is 78.9 Å². The fraction of sp³-hybridized carbons (Fsp3) is 0.200. The molecule has 160 valence electrons. The number of anilines is 1. The van der Waals surface area contributed by atoms with Crippen molar-refractivity contribution < 1.29 is 19.1 Å². The zero-order chi connectivity index (χ0) is 22.1. The van der Waals surface area contributed by atoms with Crippen molar-refractivity contribution >= 4 is 17.5 Å². The summed E-state index contributed by atoms with van der Waals surface area (Å²) in [5, 5.41) is 2.79. The van der Waals surface area contributed by atoms with Crippen LogP contribution in [0.15, 0.2) is 78.9 Å². The Bertz CT molecular complexity index is 1000. The molecule has 0 aliphatic rings. The van der Waals surface area contributed by atoms with Gasteiger partial charge in [-0.05, 0) is 42.8 Å². The number of para-hydroxylation sites is 1. The zero-order valence-electron chi connectivity index (χ0n) is 17.7. The number of nitrogens with one attached hydrogen (secondary N) is 1. The molecule has 0 aromatic heterocycles. The van der Waals surface area contributed by atoms with Crippen LogP contribution in [-0.4, -0.2) is 43.5 Å². The van der Waals surface area contributed by atoms with Gasteiger partial charge in [-0.2, -0.15) is 0 Å². The molecule has 0 saturated carbocycles. The lowest BCUT2D eigenvalue weighted by Crippen LogP contribution is -2.40. The molecule has 0 heterocycles. The van der Waals surface area contributed by atoms with Crippen LogP contribution in [0.5, 0.6) is 11.5 Å². The number of likely N-dealkylation sites (N-methyl/N-ethyl adjacent to an activating group) is 1. The summed E-state index contributed by atoms with van der Waals surface area (Å²) in [6.45, 7) is 2.04. The third kappa shape index (κ3) is 6.09. The van der Waals surface area contributed by atoms with Crippen LogP contribution in [0, 0.1) is 0 Å². The second kappa shape index (κ2) is 10.8. The Morgan fingerprint density at radius 1 is 0.903 bits per heavy atom. The van der Waals surface area contributed by atoms with E-state index >= 15 is 0 Å². The number of ether oxygens (including phenoxy) is 2. The molecule has 6 nitrogen and oxygen atoms in total. The van der Waals surface area contributed by atoms with Gasteiger partial charge in [0.25, 0.3) is 5.91 Å². The Kier molecular flexibility index (Phi) is 7.65. The van der Waals surface area contributed by atoms with Gasteiger partial charge in [-0.1, -0.05) is 48.5 Å². The maximum atomic E-state index is 12.7. The molecule has 0 saturated heterocycles. The zero-order valence-corrected chi connectivity index (χ0v) is 17.7. The molecule has 3 rings (SSSR count). The number of rotatable bonds is 9.